The predicted molar refractivity (Wildman–Crippen MR) is 87.2 cm³/mol. The van der Waals surface area contributed by atoms with E-state index in [1.165, 1.54) is 0 Å². The van der Waals surface area contributed by atoms with E-state index in [4.69, 9.17) is 9.47 Å². The molecule has 3 rings (SSSR count). The van der Waals surface area contributed by atoms with Crippen LogP contribution in [0.15, 0.2) is 18.2 Å². The lowest BCUT2D eigenvalue weighted by atomic mass is 10.1. The molecule has 2 heterocycles. The van der Waals surface area contributed by atoms with Gasteiger partial charge in [0.05, 0.1) is 5.75 Å². The second-order valence-electron chi connectivity index (χ2n) is 5.83. The Kier molecular flexibility index (Phi) is 4.78. The Bertz CT molecular complexity index is 550. The lowest BCUT2D eigenvalue weighted by molar-refractivity contribution is -0.128. The van der Waals surface area contributed by atoms with E-state index in [1.54, 1.807) is 11.8 Å². The molecule has 1 amide bonds. The van der Waals surface area contributed by atoms with E-state index in [1.807, 2.05) is 23.1 Å². The third kappa shape index (κ3) is 3.33. The highest BCUT2D eigenvalue weighted by Gasteiger charge is 2.33. The zero-order valence-electron chi connectivity index (χ0n) is 13.0. The van der Waals surface area contributed by atoms with Crippen LogP contribution in [0.1, 0.15) is 31.2 Å². The summed E-state index contributed by atoms with van der Waals surface area (Å²) in [5.74, 6) is 2.33. The molecule has 6 heteroatoms. The quantitative estimate of drug-likeness (QED) is 0.815. The van der Waals surface area contributed by atoms with Crippen LogP contribution in [-0.2, 0) is 4.79 Å². The zero-order chi connectivity index (χ0) is 15.5. The summed E-state index contributed by atoms with van der Waals surface area (Å²) >= 11 is 1.68. The van der Waals surface area contributed by atoms with E-state index in [9.17, 15) is 4.79 Å². The predicted octanol–water partition coefficient (Wildman–Crippen LogP) is 2.38. The summed E-state index contributed by atoms with van der Waals surface area (Å²) in [6.07, 6.45) is 0.964. The van der Waals surface area contributed by atoms with Crippen LogP contribution in [0, 0.1) is 0 Å². The van der Waals surface area contributed by atoms with Crippen LogP contribution in [-0.4, -0.2) is 42.5 Å². The highest BCUT2D eigenvalue weighted by atomic mass is 32.2. The maximum atomic E-state index is 12.1. The van der Waals surface area contributed by atoms with Gasteiger partial charge in [0.2, 0.25) is 12.7 Å². The summed E-state index contributed by atoms with van der Waals surface area (Å²) in [4.78, 5) is 14.1. The maximum Gasteiger partial charge on any atom is 0.233 e. The molecule has 0 spiro atoms. The molecule has 0 radical (unpaired) electrons. The van der Waals surface area contributed by atoms with Crippen LogP contribution in [0.3, 0.4) is 0 Å². The van der Waals surface area contributed by atoms with Crippen LogP contribution < -0.4 is 14.8 Å². The normalized spacial score (nSPS) is 20.2. The molecule has 1 aromatic carbocycles. The highest BCUT2D eigenvalue weighted by Crippen LogP contribution is 2.42. The zero-order valence-corrected chi connectivity index (χ0v) is 13.8. The first-order valence-electron chi connectivity index (χ1n) is 7.69. The van der Waals surface area contributed by atoms with Crippen molar-refractivity contribution in [3.8, 4) is 11.5 Å². The Hall–Kier alpha value is -1.40. The Morgan fingerprint density at radius 1 is 1.36 bits per heavy atom. The van der Waals surface area contributed by atoms with Crippen molar-refractivity contribution in [2.75, 3.05) is 25.6 Å². The number of rotatable bonds is 6. The van der Waals surface area contributed by atoms with Crippen molar-refractivity contribution in [3.05, 3.63) is 23.8 Å². The molecular formula is C16H22N2O3S. The fourth-order valence-corrected chi connectivity index (χ4v) is 3.89. The molecule has 120 valence electrons. The van der Waals surface area contributed by atoms with E-state index in [2.05, 4.69) is 19.2 Å². The first kappa shape index (κ1) is 15.5. The number of carbonyl (C=O) groups is 1. The van der Waals surface area contributed by atoms with Gasteiger partial charge in [-0.25, -0.2) is 0 Å². The average molecular weight is 322 g/mol. The highest BCUT2D eigenvalue weighted by molar-refractivity contribution is 8.00. The number of amides is 1. The molecule has 1 aromatic rings. The minimum Gasteiger partial charge on any atom is -0.454 e. The van der Waals surface area contributed by atoms with Crippen molar-refractivity contribution in [3.63, 3.8) is 0 Å². The minimum absolute atomic E-state index is 0.0843. The first-order chi connectivity index (χ1) is 10.6. The summed E-state index contributed by atoms with van der Waals surface area (Å²) in [5, 5.41) is 3.48. The monoisotopic (exact) mass is 322 g/mol. The van der Waals surface area contributed by atoms with E-state index in [-0.39, 0.29) is 18.1 Å². The van der Waals surface area contributed by atoms with Crippen LogP contribution >= 0.6 is 11.8 Å². The van der Waals surface area contributed by atoms with Crippen molar-refractivity contribution in [1.82, 2.24) is 10.2 Å². The average Bonchev–Trinajstić information content (AvgIpc) is 3.09. The van der Waals surface area contributed by atoms with Crippen LogP contribution in [0.5, 0.6) is 11.5 Å². The third-order valence-corrected chi connectivity index (χ3v) is 5.03. The first-order valence-corrected chi connectivity index (χ1v) is 8.74. The topological polar surface area (TPSA) is 50.8 Å². The molecule has 5 nitrogen and oxygen atoms in total. The summed E-state index contributed by atoms with van der Waals surface area (Å²) in [6.45, 7) is 6.25. The number of hydrogen-bond acceptors (Lipinski definition) is 5. The number of fused-ring (bicyclic) bond motifs is 1. The van der Waals surface area contributed by atoms with Gasteiger partial charge >= 0.3 is 0 Å². The molecule has 1 fully saturated rings. The van der Waals surface area contributed by atoms with Gasteiger partial charge in [-0.1, -0.05) is 19.9 Å². The SMILES string of the molecule is CC(C)NCCCN1C(=O)CSC1c1ccc2c(c1)OCO2. The van der Waals surface area contributed by atoms with Gasteiger partial charge in [-0.05, 0) is 30.7 Å². The summed E-state index contributed by atoms with van der Waals surface area (Å²) < 4.78 is 10.8. The van der Waals surface area contributed by atoms with E-state index in [0.717, 1.165) is 36.6 Å². The van der Waals surface area contributed by atoms with Gasteiger partial charge in [0.1, 0.15) is 5.37 Å². The molecule has 1 atom stereocenters. The summed E-state index contributed by atoms with van der Waals surface area (Å²) in [6, 6.07) is 6.44. The minimum atomic E-state index is 0.0843. The third-order valence-electron chi connectivity index (χ3n) is 3.78. The van der Waals surface area contributed by atoms with Crippen molar-refractivity contribution in [1.29, 1.82) is 0 Å². The molecular weight excluding hydrogens is 300 g/mol. The number of hydrogen-bond donors (Lipinski definition) is 1. The van der Waals surface area contributed by atoms with E-state index < -0.39 is 0 Å². The van der Waals surface area contributed by atoms with Crippen molar-refractivity contribution in [2.24, 2.45) is 0 Å². The Labute approximate surface area is 135 Å². The summed E-state index contributed by atoms with van der Waals surface area (Å²) in [7, 11) is 0. The number of benzene rings is 1. The smallest absolute Gasteiger partial charge is 0.233 e. The fraction of sp³-hybridized carbons (Fsp3) is 0.562. The van der Waals surface area contributed by atoms with Crippen LogP contribution in [0.4, 0.5) is 0 Å². The number of thioether (sulfide) groups is 1. The number of ether oxygens (including phenoxy) is 2. The molecule has 1 saturated heterocycles. The van der Waals surface area contributed by atoms with Crippen molar-refractivity contribution >= 4 is 17.7 Å². The largest absolute Gasteiger partial charge is 0.454 e. The second-order valence-corrected chi connectivity index (χ2v) is 6.89. The van der Waals surface area contributed by atoms with Gasteiger partial charge in [0, 0.05) is 12.6 Å². The van der Waals surface area contributed by atoms with Crippen molar-refractivity contribution in [2.45, 2.75) is 31.7 Å². The van der Waals surface area contributed by atoms with Gasteiger partial charge in [-0.2, -0.15) is 0 Å². The fourth-order valence-electron chi connectivity index (χ4n) is 2.68. The summed E-state index contributed by atoms with van der Waals surface area (Å²) in [5.41, 5.74) is 1.11. The van der Waals surface area contributed by atoms with Gasteiger partial charge in [-0.3, -0.25) is 4.79 Å². The maximum absolute atomic E-state index is 12.1. The molecule has 2 aliphatic heterocycles. The Morgan fingerprint density at radius 3 is 3.00 bits per heavy atom. The Morgan fingerprint density at radius 2 is 2.18 bits per heavy atom. The van der Waals surface area contributed by atoms with Crippen LogP contribution in [0.25, 0.3) is 0 Å². The Balaban J connectivity index is 1.65. The number of carbonyl (C=O) groups excluding carboxylic acids is 1. The standard InChI is InChI=1S/C16H22N2O3S/c1-11(2)17-6-3-7-18-15(19)9-22-16(18)12-4-5-13-14(8-12)21-10-20-13/h4-5,8,11,16-17H,3,6-7,9-10H2,1-2H3. The van der Waals surface area contributed by atoms with Gasteiger partial charge in [0.15, 0.2) is 11.5 Å². The van der Waals surface area contributed by atoms with Crippen molar-refractivity contribution < 1.29 is 14.3 Å². The molecule has 2 aliphatic rings. The molecule has 0 saturated carbocycles. The molecule has 0 bridgehead atoms. The second kappa shape index (κ2) is 6.79. The van der Waals surface area contributed by atoms with Gasteiger partial charge in [0.25, 0.3) is 0 Å². The van der Waals surface area contributed by atoms with Gasteiger partial charge < -0.3 is 19.7 Å². The van der Waals surface area contributed by atoms with E-state index in [0.29, 0.717) is 11.8 Å². The lowest BCUT2D eigenvalue weighted by Crippen LogP contribution is -2.32. The molecule has 22 heavy (non-hydrogen) atoms. The molecule has 1 unspecified atom stereocenters. The lowest BCUT2D eigenvalue weighted by Gasteiger charge is -2.24. The van der Waals surface area contributed by atoms with Gasteiger partial charge in [-0.15, -0.1) is 11.8 Å². The number of nitrogens with one attached hydrogen (secondary N) is 1. The van der Waals surface area contributed by atoms with Crippen LogP contribution in [0.2, 0.25) is 0 Å². The molecule has 0 aromatic heterocycles. The number of nitrogens with zero attached hydrogens (tertiary/aromatic N) is 1. The van der Waals surface area contributed by atoms with E-state index >= 15 is 0 Å². The molecule has 1 N–H and O–H groups in total. The molecule has 0 aliphatic carbocycles.